The molecule has 0 saturated carbocycles. The Kier molecular flexibility index (Phi) is 29.1. The van der Waals surface area contributed by atoms with Crippen molar-refractivity contribution in [3.63, 3.8) is 0 Å². The number of nitrogens with zero attached hydrogens (tertiary/aromatic N) is 2. The summed E-state index contributed by atoms with van der Waals surface area (Å²) in [7, 11) is 48.1. The molecule has 8 nitrogen and oxygen atoms in total. The highest BCUT2D eigenvalue weighted by molar-refractivity contribution is 7.81. The summed E-state index contributed by atoms with van der Waals surface area (Å²) in [6.45, 7) is 5.22. The highest BCUT2D eigenvalue weighted by Gasteiger charge is 2.30. The molecule has 0 unspecified atom stereocenters. The molecular weight excluding hydrogens is 1020 g/mol. The molecule has 4 aromatic carbocycles. The number of quaternary nitrogens is 1. The highest BCUT2D eigenvalue weighted by Crippen LogP contribution is 2.26. The monoisotopic (exact) mass is 1070 g/mol. The number of hydrogen-bond donors (Lipinski definition) is 2. The molecule has 2 aliphatic rings. The first-order valence-corrected chi connectivity index (χ1v) is 22.9. The second-order valence-electron chi connectivity index (χ2n) is 16.6. The quantitative estimate of drug-likeness (QED) is 0.122. The zero-order valence-electron chi connectivity index (χ0n) is 38.2. The van der Waals surface area contributed by atoms with Crippen LogP contribution in [0.15, 0.2) is 84.9 Å². The van der Waals surface area contributed by atoms with Crippen molar-refractivity contribution in [2.75, 3.05) is 58.2 Å². The van der Waals surface area contributed by atoms with Crippen LogP contribution in [0.4, 0.5) is 11.4 Å². The number of hydrogen-bond acceptors (Lipinski definition) is 5. The molecule has 2 aliphatic heterocycles. The van der Waals surface area contributed by atoms with E-state index in [1.54, 1.807) is 36.4 Å². The summed E-state index contributed by atoms with van der Waals surface area (Å²) in [4.78, 5) is 27.1. The molecule has 0 aromatic heterocycles. The molecule has 26 heteroatoms. The van der Waals surface area contributed by atoms with Gasteiger partial charge in [-0.2, -0.15) is 0 Å². The lowest BCUT2D eigenvalue weighted by molar-refractivity contribution is -0.929. The minimum atomic E-state index is -0.593. The fraction of sp³-hybridized carbons (Fsp3) is 0.366. The van der Waals surface area contributed by atoms with Crippen LogP contribution in [0.25, 0.3) is 0 Å². The summed E-state index contributed by atoms with van der Waals surface area (Å²) < 4.78 is 11.8. The fourth-order valence-corrected chi connectivity index (χ4v) is 7.32. The van der Waals surface area contributed by atoms with Gasteiger partial charge in [-0.15, -0.1) is 0 Å². The summed E-state index contributed by atoms with van der Waals surface area (Å²) in [5.74, 6) is -0.421. The van der Waals surface area contributed by atoms with Crippen LogP contribution in [0.1, 0.15) is 57.5 Å². The minimum absolute atomic E-state index is 0. The molecule has 0 bridgehead atoms. The Balaban J connectivity index is 0.000000360. The normalized spacial score (nSPS) is 13.6. The lowest BCUT2D eigenvalue weighted by Crippen LogP contribution is -3.00. The third kappa shape index (κ3) is 22.6. The van der Waals surface area contributed by atoms with E-state index >= 15 is 0 Å². The van der Waals surface area contributed by atoms with Crippen molar-refractivity contribution in [2.24, 2.45) is 0 Å². The maximum absolute atomic E-state index is 12.4. The van der Waals surface area contributed by atoms with E-state index in [1.165, 1.54) is 18.2 Å². The van der Waals surface area contributed by atoms with Crippen molar-refractivity contribution in [3.05, 3.63) is 127 Å². The van der Waals surface area contributed by atoms with Gasteiger partial charge in [-0.3, -0.25) is 14.5 Å². The Bertz CT molecular complexity index is 2090. The zero-order chi connectivity index (χ0) is 49.0. The molecule has 2 fully saturated rings. The third-order valence-corrected chi connectivity index (χ3v) is 12.4. The van der Waals surface area contributed by atoms with Gasteiger partial charge in [-0.05, 0) is 86.1 Å². The molecule has 0 spiro atoms. The van der Waals surface area contributed by atoms with Gasteiger partial charge in [0.25, 0.3) is 11.8 Å². The van der Waals surface area contributed by atoms with Crippen LogP contribution in [0.5, 0.6) is 0 Å². The van der Waals surface area contributed by atoms with Gasteiger partial charge in [0.2, 0.25) is 0 Å². The van der Waals surface area contributed by atoms with Crippen molar-refractivity contribution in [2.45, 2.75) is 50.9 Å². The van der Waals surface area contributed by atoms with E-state index in [4.69, 9.17) is 118 Å². The number of nitrogens with one attached hydrogen (secondary N) is 2. The van der Waals surface area contributed by atoms with E-state index in [1.807, 2.05) is 36.4 Å². The number of carbonyl (C=O) groups is 2. The van der Waals surface area contributed by atoms with Crippen molar-refractivity contribution >= 4 is 164 Å². The number of ether oxygens (including phenoxy) is 2. The molecule has 4 aromatic rings. The number of benzene rings is 4. The SMILES string of the molecule is CN(Cc1ccc(NC(=O)c2ccc(Cl)c(Cl)c2)cc1)C1CCOCC1.C[N+](C)(Cc1ccc(NC(=O)c2ccc(Cl)c(Cl)c2)cc1)C1CCOCC1.[B]B([B])B([B])[B].[B][B]B([B])B([B])[B].[I-]. The van der Waals surface area contributed by atoms with Crippen LogP contribution >= 0.6 is 46.4 Å². The standard InChI is InChI=1S/C21H24Cl2N2O2.C20H22Cl2N2O2.B7.B6.HI/c1-25(2,18-9-11-27-12-10-18)14-15-3-6-17(7-4-15)24-21(26)16-5-8-19(22)20(23)13-16;1-24(17-8-10-26-11-9-17)13-14-2-5-16(6-3-14)23-20(25)15-4-7-18(21)19(22)12-15;1-5-7(4)6(2)3;1-5(2)6(3)4;/h3-8,13,18H,9-12,14H2,1-2H3;2-7,12,17H,8-11,13H2,1H3,(H,23,25);;;1H. The molecule has 0 aliphatic carbocycles. The van der Waals surface area contributed by atoms with Gasteiger partial charge in [-0.25, -0.2) is 0 Å². The predicted octanol–water partition coefficient (Wildman–Crippen LogP) is 1.91. The Hall–Kier alpha value is -1.61. The second kappa shape index (κ2) is 31.7. The lowest BCUT2D eigenvalue weighted by atomic mass is 8.76. The summed E-state index contributed by atoms with van der Waals surface area (Å²) >= 11 is 23.7. The Morgan fingerprint density at radius 1 is 0.642 bits per heavy atom. The highest BCUT2D eigenvalue weighted by atomic mass is 127. The van der Waals surface area contributed by atoms with Gasteiger partial charge < -0.3 is 48.6 Å². The van der Waals surface area contributed by atoms with E-state index in [-0.39, 0.29) is 42.2 Å². The average molecular weight is 1070 g/mol. The fourth-order valence-electron chi connectivity index (χ4n) is 6.72. The molecule has 6 rings (SSSR count). The molecule has 2 heterocycles. The van der Waals surface area contributed by atoms with Gasteiger partial charge in [-0.1, -0.05) is 70.7 Å². The summed E-state index contributed by atoms with van der Waals surface area (Å²) in [5, 5.41) is 7.37. The van der Waals surface area contributed by atoms with Crippen molar-refractivity contribution in [1.29, 1.82) is 0 Å². The van der Waals surface area contributed by atoms with Crippen molar-refractivity contribution < 1.29 is 47.5 Å². The van der Waals surface area contributed by atoms with E-state index in [2.05, 4.69) is 48.8 Å². The molecule has 2 N–H and O–H groups in total. The molecule has 2 amide bonds. The maximum Gasteiger partial charge on any atom is 0.255 e. The van der Waals surface area contributed by atoms with Crippen LogP contribution < -0.4 is 34.6 Å². The average Bonchev–Trinajstić information content (AvgIpc) is 3.30. The van der Waals surface area contributed by atoms with Gasteiger partial charge >= 0.3 is 0 Å². The van der Waals surface area contributed by atoms with E-state index in [0.29, 0.717) is 43.3 Å². The molecule has 329 valence electrons. The Morgan fingerprint density at radius 3 is 1.40 bits per heavy atom. The number of anilines is 2. The van der Waals surface area contributed by atoms with Crippen LogP contribution in [-0.4, -0.2) is 175 Å². The molecular formula is C41H47B13Cl4IN4O4. The van der Waals surface area contributed by atoms with Crippen LogP contribution in [0.3, 0.4) is 0 Å². The molecule has 17 radical (unpaired) electrons. The number of carbonyl (C=O) groups excluding carboxylic acids is 2. The topological polar surface area (TPSA) is 79.9 Å². The summed E-state index contributed by atoms with van der Waals surface area (Å²) in [6, 6.07) is 26.8. The first-order valence-electron chi connectivity index (χ1n) is 21.4. The maximum atomic E-state index is 12.4. The number of rotatable bonds is 13. The lowest BCUT2D eigenvalue weighted by Gasteiger charge is -2.40. The molecule has 67 heavy (non-hydrogen) atoms. The summed E-state index contributed by atoms with van der Waals surface area (Å²) in [6.07, 6.45) is 2.25. The van der Waals surface area contributed by atoms with Crippen molar-refractivity contribution in [1.82, 2.24) is 4.90 Å². The Labute approximate surface area is 449 Å². The van der Waals surface area contributed by atoms with Gasteiger partial charge in [0, 0.05) is 161 Å². The largest absolute Gasteiger partial charge is 1.00 e. The van der Waals surface area contributed by atoms with E-state index in [9.17, 15) is 9.59 Å². The number of amides is 2. The van der Waals surface area contributed by atoms with Crippen LogP contribution in [0, 0.1) is 0 Å². The van der Waals surface area contributed by atoms with Crippen LogP contribution in [0.2, 0.25) is 20.1 Å². The predicted molar refractivity (Wildman–Crippen MR) is 291 cm³/mol. The molecule has 2 saturated heterocycles. The van der Waals surface area contributed by atoms with Gasteiger partial charge in [0.15, 0.2) is 0 Å². The second-order valence-corrected chi connectivity index (χ2v) is 18.2. The van der Waals surface area contributed by atoms with Gasteiger partial charge in [0.05, 0.1) is 53.4 Å². The first-order chi connectivity index (χ1) is 31.2. The third-order valence-electron chi connectivity index (χ3n) is 10.9. The minimum Gasteiger partial charge on any atom is -1.00 e. The Morgan fingerprint density at radius 2 is 1.04 bits per heavy atom. The van der Waals surface area contributed by atoms with E-state index < -0.39 is 19.2 Å². The summed E-state index contributed by atoms with van der Waals surface area (Å²) in [5.41, 5.74) is 4.92. The smallest absolute Gasteiger partial charge is 0.255 e. The van der Waals surface area contributed by atoms with Gasteiger partial charge in [0.1, 0.15) is 6.54 Å². The molecule has 0 atom stereocenters. The van der Waals surface area contributed by atoms with Crippen LogP contribution in [-0.2, 0) is 22.6 Å². The van der Waals surface area contributed by atoms with E-state index in [0.717, 1.165) is 81.1 Å². The number of halogens is 5. The first kappa shape index (κ1) is 61.5. The zero-order valence-corrected chi connectivity index (χ0v) is 43.4. The van der Waals surface area contributed by atoms with Crippen molar-refractivity contribution in [3.8, 4) is 0 Å².